The van der Waals surface area contributed by atoms with E-state index in [1.165, 1.54) is 0 Å². The molecule has 30 heavy (non-hydrogen) atoms. The number of hydrogen-bond acceptors (Lipinski definition) is 6. The van der Waals surface area contributed by atoms with Gasteiger partial charge >= 0.3 is 0 Å². The Morgan fingerprint density at radius 3 is 2.23 bits per heavy atom. The molecule has 0 fully saturated rings. The van der Waals surface area contributed by atoms with Crippen molar-refractivity contribution < 1.29 is 4.74 Å². The maximum atomic E-state index is 13.0. The zero-order valence-corrected chi connectivity index (χ0v) is 18.6. The molecule has 0 unspecified atom stereocenters. The minimum absolute atomic E-state index is 0.0243. The zero-order chi connectivity index (χ0) is 21.5. The first-order chi connectivity index (χ1) is 14.6. The fourth-order valence-electron chi connectivity index (χ4n) is 3.67. The first-order valence-corrected chi connectivity index (χ1v) is 11.0. The van der Waals surface area contributed by atoms with E-state index >= 15 is 0 Å². The number of fused-ring (bicyclic) bond motifs is 2. The van der Waals surface area contributed by atoms with Gasteiger partial charge in [0.15, 0.2) is 0 Å². The van der Waals surface area contributed by atoms with Gasteiger partial charge < -0.3 is 14.5 Å². The maximum absolute atomic E-state index is 13.0. The van der Waals surface area contributed by atoms with Crippen molar-refractivity contribution in [1.82, 2.24) is 24.3 Å². The number of benzene rings is 1. The Morgan fingerprint density at radius 1 is 0.900 bits per heavy atom. The average Bonchev–Trinajstić information content (AvgIpc) is 2.78. The molecule has 7 nitrogen and oxygen atoms in total. The van der Waals surface area contributed by atoms with Crippen LogP contribution in [0.4, 0.5) is 0 Å². The highest BCUT2D eigenvalue weighted by molar-refractivity contribution is 5.96. The number of aromatic nitrogens is 3. The minimum Gasteiger partial charge on any atom is -0.491 e. The lowest BCUT2D eigenvalue weighted by Gasteiger charge is -2.19. The van der Waals surface area contributed by atoms with Crippen LogP contribution in [0.2, 0.25) is 0 Å². The second kappa shape index (κ2) is 10.5. The number of pyridine rings is 1. The van der Waals surface area contributed by atoms with Crippen molar-refractivity contribution in [2.45, 2.75) is 34.2 Å². The summed E-state index contributed by atoms with van der Waals surface area (Å²) in [7, 11) is 0. The third-order valence-corrected chi connectivity index (χ3v) is 5.76. The second-order valence-corrected chi connectivity index (χ2v) is 7.34. The van der Waals surface area contributed by atoms with Crippen LogP contribution < -0.4 is 10.3 Å². The van der Waals surface area contributed by atoms with Crippen molar-refractivity contribution in [2.75, 3.05) is 45.9 Å². The Bertz CT molecular complexity index is 1030. The van der Waals surface area contributed by atoms with E-state index in [1.807, 2.05) is 18.2 Å². The number of ether oxygens (including phenoxy) is 1. The van der Waals surface area contributed by atoms with Gasteiger partial charge in [-0.3, -0.25) is 14.3 Å². The van der Waals surface area contributed by atoms with Gasteiger partial charge in [0.2, 0.25) is 0 Å². The van der Waals surface area contributed by atoms with Crippen molar-refractivity contribution in [3.8, 4) is 5.75 Å². The molecule has 0 N–H and O–H groups in total. The number of likely N-dealkylation sites (N-methyl/N-ethyl adjacent to an activating group) is 2. The van der Waals surface area contributed by atoms with Gasteiger partial charge in [-0.2, -0.15) is 0 Å². The molecule has 162 valence electrons. The Labute approximate surface area is 178 Å². The van der Waals surface area contributed by atoms with E-state index < -0.39 is 0 Å². The molecule has 0 saturated heterocycles. The fraction of sp³-hybridized carbons (Fsp3) is 0.522. The zero-order valence-electron chi connectivity index (χ0n) is 18.6. The summed E-state index contributed by atoms with van der Waals surface area (Å²) in [5, 5.41) is 1.48. The van der Waals surface area contributed by atoms with Gasteiger partial charge in [-0.1, -0.05) is 27.7 Å². The van der Waals surface area contributed by atoms with Crippen LogP contribution >= 0.6 is 0 Å². The largest absolute Gasteiger partial charge is 0.491 e. The van der Waals surface area contributed by atoms with Crippen molar-refractivity contribution in [1.29, 1.82) is 0 Å². The van der Waals surface area contributed by atoms with Gasteiger partial charge in [0, 0.05) is 31.2 Å². The van der Waals surface area contributed by atoms with Crippen LogP contribution in [0.3, 0.4) is 0 Å². The first kappa shape index (κ1) is 22.2. The van der Waals surface area contributed by atoms with Crippen LogP contribution in [0.5, 0.6) is 5.75 Å². The molecule has 0 aliphatic rings. The van der Waals surface area contributed by atoms with E-state index in [9.17, 15) is 4.79 Å². The Kier molecular flexibility index (Phi) is 7.76. The van der Waals surface area contributed by atoms with Gasteiger partial charge in [-0.25, -0.2) is 4.98 Å². The SMILES string of the molecule is CCN(CC)CCOc1ccnc2cc3c(=O)n(CCN(CC)CC)cnc3cc12. The lowest BCUT2D eigenvalue weighted by Crippen LogP contribution is -2.31. The summed E-state index contributed by atoms with van der Waals surface area (Å²) in [4.78, 5) is 26.6. The Morgan fingerprint density at radius 2 is 1.53 bits per heavy atom. The molecule has 0 spiro atoms. The van der Waals surface area contributed by atoms with Crippen molar-refractivity contribution in [2.24, 2.45) is 0 Å². The molecule has 0 radical (unpaired) electrons. The highest BCUT2D eigenvalue weighted by atomic mass is 16.5. The summed E-state index contributed by atoms with van der Waals surface area (Å²) >= 11 is 0. The first-order valence-electron chi connectivity index (χ1n) is 11.0. The number of nitrogens with zero attached hydrogens (tertiary/aromatic N) is 5. The van der Waals surface area contributed by atoms with Crippen LogP contribution in [0, 0.1) is 0 Å². The van der Waals surface area contributed by atoms with E-state index in [1.54, 1.807) is 17.1 Å². The molecule has 3 aromatic rings. The van der Waals surface area contributed by atoms with Crippen molar-refractivity contribution in [3.05, 3.63) is 41.1 Å². The molecule has 0 bridgehead atoms. The molecule has 2 heterocycles. The van der Waals surface area contributed by atoms with Gasteiger partial charge in [0.25, 0.3) is 5.56 Å². The standard InChI is InChI=1S/C23H33N5O2/c1-5-26(6-2)11-12-28-17-25-21-15-18-20(16-19(21)23(28)29)24-10-9-22(18)30-14-13-27(7-3)8-4/h9-10,15-17H,5-8,11-14H2,1-4H3. The van der Waals surface area contributed by atoms with E-state index in [0.29, 0.717) is 24.1 Å². The van der Waals surface area contributed by atoms with E-state index in [0.717, 1.165) is 55.9 Å². The second-order valence-electron chi connectivity index (χ2n) is 7.34. The quantitative estimate of drug-likeness (QED) is 0.452. The van der Waals surface area contributed by atoms with E-state index in [-0.39, 0.29) is 5.56 Å². The summed E-state index contributed by atoms with van der Waals surface area (Å²) in [6.07, 6.45) is 3.38. The molecule has 0 aliphatic carbocycles. The lowest BCUT2D eigenvalue weighted by atomic mass is 10.1. The van der Waals surface area contributed by atoms with Crippen molar-refractivity contribution in [3.63, 3.8) is 0 Å². The summed E-state index contributed by atoms with van der Waals surface area (Å²) in [6, 6.07) is 5.63. The van der Waals surface area contributed by atoms with E-state index in [4.69, 9.17) is 4.74 Å². The smallest absolute Gasteiger partial charge is 0.261 e. The fourth-order valence-corrected chi connectivity index (χ4v) is 3.67. The molecule has 3 rings (SSSR count). The summed E-state index contributed by atoms with van der Waals surface area (Å²) in [5.74, 6) is 0.779. The Hall–Kier alpha value is -2.51. The molecule has 0 saturated carbocycles. The molecular weight excluding hydrogens is 378 g/mol. The third kappa shape index (κ3) is 4.96. The molecule has 2 aromatic heterocycles. The van der Waals surface area contributed by atoms with Crippen LogP contribution in [-0.4, -0.2) is 70.2 Å². The monoisotopic (exact) mass is 411 g/mol. The molecule has 7 heteroatoms. The molecule has 0 atom stereocenters. The third-order valence-electron chi connectivity index (χ3n) is 5.76. The topological polar surface area (TPSA) is 63.5 Å². The molecule has 0 amide bonds. The predicted molar refractivity (Wildman–Crippen MR) is 122 cm³/mol. The number of rotatable bonds is 11. The van der Waals surface area contributed by atoms with Gasteiger partial charge in [0.05, 0.1) is 22.7 Å². The van der Waals surface area contributed by atoms with Gasteiger partial charge in [-0.05, 0) is 44.4 Å². The summed E-state index contributed by atoms with van der Waals surface area (Å²) in [6.45, 7) is 15.5. The molecule has 1 aromatic carbocycles. The van der Waals surface area contributed by atoms with Gasteiger partial charge in [0.1, 0.15) is 12.4 Å². The summed E-state index contributed by atoms with van der Waals surface area (Å²) in [5.41, 5.74) is 1.40. The Balaban J connectivity index is 1.87. The molecule has 0 aliphatic heterocycles. The molecular formula is C23H33N5O2. The highest BCUT2D eigenvalue weighted by Gasteiger charge is 2.11. The summed E-state index contributed by atoms with van der Waals surface area (Å²) < 4.78 is 7.74. The van der Waals surface area contributed by atoms with Crippen LogP contribution in [0.15, 0.2) is 35.5 Å². The van der Waals surface area contributed by atoms with Crippen LogP contribution in [-0.2, 0) is 6.54 Å². The van der Waals surface area contributed by atoms with Crippen LogP contribution in [0.25, 0.3) is 21.8 Å². The van der Waals surface area contributed by atoms with Crippen LogP contribution in [0.1, 0.15) is 27.7 Å². The van der Waals surface area contributed by atoms with E-state index in [2.05, 4.69) is 47.5 Å². The number of hydrogen-bond donors (Lipinski definition) is 0. The van der Waals surface area contributed by atoms with Crippen molar-refractivity contribution >= 4 is 21.8 Å². The maximum Gasteiger partial charge on any atom is 0.261 e. The minimum atomic E-state index is -0.0243. The average molecular weight is 412 g/mol. The lowest BCUT2D eigenvalue weighted by molar-refractivity contribution is 0.224. The normalized spacial score (nSPS) is 11.8. The highest BCUT2D eigenvalue weighted by Crippen LogP contribution is 2.26. The predicted octanol–water partition coefficient (Wildman–Crippen LogP) is 3.01. The van der Waals surface area contributed by atoms with Gasteiger partial charge in [-0.15, -0.1) is 0 Å².